The molecular weight excluding hydrogens is 371 g/mol. The number of ether oxygens (including phenoxy) is 1. The van der Waals surface area contributed by atoms with Gasteiger partial charge in [0.25, 0.3) is 0 Å². The highest BCUT2D eigenvalue weighted by molar-refractivity contribution is 5.79. The van der Waals surface area contributed by atoms with Crippen LogP contribution in [-0.4, -0.2) is 57.3 Å². The van der Waals surface area contributed by atoms with Gasteiger partial charge >= 0.3 is 0 Å². The van der Waals surface area contributed by atoms with Crippen LogP contribution in [0.15, 0.2) is 39.7 Å². The highest BCUT2D eigenvalue weighted by atomic mass is 19.1. The summed E-state index contributed by atoms with van der Waals surface area (Å²) in [5.41, 5.74) is 2.10. The van der Waals surface area contributed by atoms with Gasteiger partial charge in [0.05, 0.1) is 19.3 Å². The molecule has 0 bridgehead atoms. The smallest absolute Gasteiger partial charge is 0.191 e. The Balaban J connectivity index is 1.55. The summed E-state index contributed by atoms with van der Waals surface area (Å²) in [7, 11) is 1.76. The number of benzene rings is 1. The second-order valence-electron chi connectivity index (χ2n) is 7.31. The molecule has 0 saturated carbocycles. The van der Waals surface area contributed by atoms with Crippen molar-refractivity contribution >= 4 is 5.96 Å². The molecule has 6 nitrogen and oxygen atoms in total. The third-order valence-corrected chi connectivity index (χ3v) is 5.25. The van der Waals surface area contributed by atoms with Crippen molar-refractivity contribution < 1.29 is 13.5 Å². The van der Waals surface area contributed by atoms with Gasteiger partial charge in [-0.25, -0.2) is 4.39 Å². The van der Waals surface area contributed by atoms with Crippen LogP contribution in [0.5, 0.6) is 0 Å². The summed E-state index contributed by atoms with van der Waals surface area (Å²) in [5, 5.41) is 6.77. The van der Waals surface area contributed by atoms with Gasteiger partial charge in [-0.1, -0.05) is 6.07 Å². The Labute approximate surface area is 172 Å². The summed E-state index contributed by atoms with van der Waals surface area (Å²) in [4.78, 5) is 6.71. The first kappa shape index (κ1) is 21.3. The van der Waals surface area contributed by atoms with Gasteiger partial charge in [0.15, 0.2) is 5.96 Å². The first-order valence-electron chi connectivity index (χ1n) is 10.1. The molecule has 3 rings (SSSR count). The Morgan fingerprint density at radius 3 is 2.62 bits per heavy atom. The monoisotopic (exact) mass is 402 g/mol. The number of hydrogen-bond donors (Lipinski definition) is 2. The van der Waals surface area contributed by atoms with Crippen molar-refractivity contribution in [3.63, 3.8) is 0 Å². The minimum atomic E-state index is -0.195. The number of hydrogen-bond acceptors (Lipinski definition) is 4. The molecule has 0 aliphatic carbocycles. The third-order valence-electron chi connectivity index (χ3n) is 5.25. The van der Waals surface area contributed by atoms with Gasteiger partial charge in [-0.15, -0.1) is 0 Å². The Hall–Kier alpha value is -2.38. The molecule has 0 amide bonds. The molecule has 1 saturated heterocycles. The van der Waals surface area contributed by atoms with E-state index in [0.29, 0.717) is 13.1 Å². The molecule has 2 aromatic rings. The van der Waals surface area contributed by atoms with E-state index >= 15 is 0 Å². The number of halogens is 1. The Morgan fingerprint density at radius 2 is 1.97 bits per heavy atom. The largest absolute Gasteiger partial charge is 0.465 e. The van der Waals surface area contributed by atoms with Crippen LogP contribution < -0.4 is 10.6 Å². The van der Waals surface area contributed by atoms with E-state index in [1.165, 1.54) is 6.07 Å². The summed E-state index contributed by atoms with van der Waals surface area (Å²) in [6, 6.07) is 9.08. The van der Waals surface area contributed by atoms with Crippen molar-refractivity contribution in [3.05, 3.63) is 58.8 Å². The molecule has 7 heteroatoms. The first-order valence-corrected chi connectivity index (χ1v) is 10.1. The van der Waals surface area contributed by atoms with Crippen LogP contribution in [0.1, 0.15) is 28.7 Å². The quantitative estimate of drug-likeness (QED) is 0.551. The van der Waals surface area contributed by atoms with Crippen LogP contribution in [0.2, 0.25) is 0 Å². The Morgan fingerprint density at radius 1 is 1.17 bits per heavy atom. The molecule has 0 radical (unpaired) electrons. The minimum Gasteiger partial charge on any atom is -0.465 e. The van der Waals surface area contributed by atoms with E-state index in [2.05, 4.69) is 20.5 Å². The predicted molar refractivity (Wildman–Crippen MR) is 113 cm³/mol. The van der Waals surface area contributed by atoms with Crippen LogP contribution >= 0.6 is 0 Å². The number of aryl methyl sites for hydroxylation is 2. The lowest BCUT2D eigenvalue weighted by Crippen LogP contribution is -2.46. The fourth-order valence-corrected chi connectivity index (χ4v) is 3.60. The van der Waals surface area contributed by atoms with Crippen molar-refractivity contribution in [1.29, 1.82) is 0 Å². The van der Waals surface area contributed by atoms with Crippen LogP contribution in [0.4, 0.5) is 4.39 Å². The topological polar surface area (TPSA) is 62.0 Å². The molecule has 1 aromatic carbocycles. The van der Waals surface area contributed by atoms with Crippen molar-refractivity contribution in [2.24, 2.45) is 4.99 Å². The molecule has 2 heterocycles. The summed E-state index contributed by atoms with van der Waals surface area (Å²) in [5.74, 6) is 2.41. The molecule has 1 aliphatic heterocycles. The van der Waals surface area contributed by atoms with Gasteiger partial charge < -0.3 is 19.8 Å². The number of furan rings is 1. The second-order valence-corrected chi connectivity index (χ2v) is 7.31. The fraction of sp³-hybridized carbons (Fsp3) is 0.500. The molecule has 0 spiro atoms. The van der Waals surface area contributed by atoms with Crippen LogP contribution in [0, 0.1) is 19.7 Å². The molecular formula is C22H31FN4O2. The van der Waals surface area contributed by atoms with Gasteiger partial charge in [-0.3, -0.25) is 9.89 Å². The molecule has 1 fully saturated rings. The lowest BCUT2D eigenvalue weighted by molar-refractivity contribution is 0.0124. The lowest BCUT2D eigenvalue weighted by atomic mass is 10.1. The number of aliphatic imine (C=N–C) groups is 1. The molecule has 1 atom stereocenters. The van der Waals surface area contributed by atoms with Crippen molar-refractivity contribution in [2.45, 2.75) is 26.3 Å². The average Bonchev–Trinajstić information content (AvgIpc) is 3.15. The van der Waals surface area contributed by atoms with E-state index in [9.17, 15) is 4.39 Å². The fourth-order valence-electron chi connectivity index (χ4n) is 3.60. The van der Waals surface area contributed by atoms with E-state index in [1.54, 1.807) is 13.1 Å². The molecule has 29 heavy (non-hydrogen) atoms. The second kappa shape index (κ2) is 10.4. The number of morpholine rings is 1. The number of guanidine groups is 1. The van der Waals surface area contributed by atoms with Gasteiger partial charge in [0.1, 0.15) is 17.3 Å². The van der Waals surface area contributed by atoms with Crippen LogP contribution in [0.3, 0.4) is 0 Å². The van der Waals surface area contributed by atoms with Gasteiger partial charge in [-0.2, -0.15) is 0 Å². The molecule has 158 valence electrons. The normalized spacial score (nSPS) is 16.6. The maximum Gasteiger partial charge on any atom is 0.191 e. The van der Waals surface area contributed by atoms with Crippen molar-refractivity contribution in [3.8, 4) is 0 Å². The molecule has 1 aliphatic rings. The van der Waals surface area contributed by atoms with Gasteiger partial charge in [0, 0.05) is 33.2 Å². The summed E-state index contributed by atoms with van der Waals surface area (Å²) in [6.45, 7) is 8.52. The summed E-state index contributed by atoms with van der Waals surface area (Å²) >= 11 is 0. The zero-order chi connectivity index (χ0) is 20.6. The SMILES string of the molecule is CN=C(NCCc1ccc(F)cc1C)NCC(c1ccc(C)o1)N1CCOCC1. The van der Waals surface area contributed by atoms with Crippen molar-refractivity contribution in [2.75, 3.05) is 46.4 Å². The zero-order valence-corrected chi connectivity index (χ0v) is 17.5. The van der Waals surface area contributed by atoms with Crippen molar-refractivity contribution in [1.82, 2.24) is 15.5 Å². The number of nitrogens with zero attached hydrogens (tertiary/aromatic N) is 2. The van der Waals surface area contributed by atoms with E-state index in [1.807, 2.05) is 32.0 Å². The summed E-state index contributed by atoms with van der Waals surface area (Å²) in [6.07, 6.45) is 0.803. The van der Waals surface area contributed by atoms with E-state index in [4.69, 9.17) is 9.15 Å². The summed E-state index contributed by atoms with van der Waals surface area (Å²) < 4.78 is 24.7. The highest BCUT2D eigenvalue weighted by Gasteiger charge is 2.25. The standard InChI is InChI=1S/C22H31FN4O2/c1-16-14-19(23)6-5-18(16)8-9-25-22(24-3)26-15-20(21-7-4-17(2)29-21)27-10-12-28-13-11-27/h4-7,14,20H,8-13,15H2,1-3H3,(H2,24,25,26). The minimum absolute atomic E-state index is 0.116. The third kappa shape index (κ3) is 6.05. The molecule has 1 aromatic heterocycles. The van der Waals surface area contributed by atoms with E-state index < -0.39 is 0 Å². The van der Waals surface area contributed by atoms with E-state index in [0.717, 1.165) is 61.3 Å². The Kier molecular flexibility index (Phi) is 7.66. The maximum atomic E-state index is 13.3. The average molecular weight is 403 g/mol. The zero-order valence-electron chi connectivity index (χ0n) is 17.5. The highest BCUT2D eigenvalue weighted by Crippen LogP contribution is 2.23. The van der Waals surface area contributed by atoms with Gasteiger partial charge in [0.2, 0.25) is 0 Å². The predicted octanol–water partition coefficient (Wildman–Crippen LogP) is 2.82. The van der Waals surface area contributed by atoms with Gasteiger partial charge in [-0.05, 0) is 55.7 Å². The maximum absolute atomic E-state index is 13.3. The molecule has 2 N–H and O–H groups in total. The number of rotatable bonds is 7. The molecule has 1 unspecified atom stereocenters. The van der Waals surface area contributed by atoms with E-state index in [-0.39, 0.29) is 11.9 Å². The van der Waals surface area contributed by atoms with Crippen LogP contribution in [0.25, 0.3) is 0 Å². The first-order chi connectivity index (χ1) is 14.1. The lowest BCUT2D eigenvalue weighted by Gasteiger charge is -2.33. The van der Waals surface area contributed by atoms with Crippen LogP contribution in [-0.2, 0) is 11.2 Å². The number of nitrogens with one attached hydrogen (secondary N) is 2. The Bertz CT molecular complexity index is 815.